The summed E-state index contributed by atoms with van der Waals surface area (Å²) < 4.78 is 12.9. The number of thiazole rings is 1. The zero-order valence-corrected chi connectivity index (χ0v) is 11.6. The lowest BCUT2D eigenvalue weighted by atomic mass is 10.1. The van der Waals surface area contributed by atoms with Crippen molar-refractivity contribution in [3.8, 4) is 11.4 Å². The minimum absolute atomic E-state index is 0.314. The predicted molar refractivity (Wildman–Crippen MR) is 74.6 cm³/mol. The first-order valence-electron chi connectivity index (χ1n) is 6.56. The second kappa shape index (κ2) is 5.35. The van der Waals surface area contributed by atoms with Crippen molar-refractivity contribution in [3.63, 3.8) is 0 Å². The number of nitrogens with one attached hydrogen (secondary N) is 1. The maximum atomic E-state index is 12.9. The number of hydrogen-bond acceptors (Lipinski definition) is 4. The van der Waals surface area contributed by atoms with Gasteiger partial charge in [-0.25, -0.2) is 9.37 Å². The molecule has 0 aromatic carbocycles. The van der Waals surface area contributed by atoms with Crippen molar-refractivity contribution in [2.24, 2.45) is 0 Å². The van der Waals surface area contributed by atoms with Gasteiger partial charge in [0, 0.05) is 4.88 Å². The average Bonchev–Trinajstić information content (AvgIpc) is 2.83. The molecule has 0 amide bonds. The zero-order chi connectivity index (χ0) is 13.2. The van der Waals surface area contributed by atoms with Crippen LogP contribution in [0, 0.1) is 12.7 Å². The Labute approximate surface area is 115 Å². The molecule has 19 heavy (non-hydrogen) atoms. The van der Waals surface area contributed by atoms with Crippen molar-refractivity contribution in [2.45, 2.75) is 32.2 Å². The third-order valence-electron chi connectivity index (χ3n) is 3.39. The highest BCUT2D eigenvalue weighted by Gasteiger charge is 2.20. The second-order valence-corrected chi connectivity index (χ2v) is 6.06. The van der Waals surface area contributed by atoms with Gasteiger partial charge in [-0.1, -0.05) is 6.42 Å². The van der Waals surface area contributed by atoms with E-state index in [9.17, 15) is 4.39 Å². The number of nitrogens with zero attached hydrogens (tertiary/aromatic N) is 2. The summed E-state index contributed by atoms with van der Waals surface area (Å²) in [6.45, 7) is 3.11. The largest absolute Gasteiger partial charge is 0.308 e. The van der Waals surface area contributed by atoms with Crippen LogP contribution in [0.25, 0.3) is 11.4 Å². The fourth-order valence-corrected chi connectivity index (χ4v) is 3.42. The molecule has 1 unspecified atom stereocenters. The van der Waals surface area contributed by atoms with Crippen molar-refractivity contribution in [1.29, 1.82) is 0 Å². The van der Waals surface area contributed by atoms with Crippen molar-refractivity contribution in [1.82, 2.24) is 15.3 Å². The molecule has 2 aromatic heterocycles. The van der Waals surface area contributed by atoms with Gasteiger partial charge < -0.3 is 5.32 Å². The third kappa shape index (κ3) is 2.67. The average molecular weight is 277 g/mol. The summed E-state index contributed by atoms with van der Waals surface area (Å²) in [5.41, 5.74) is 1.63. The van der Waals surface area contributed by atoms with E-state index < -0.39 is 0 Å². The molecule has 1 atom stereocenters. The van der Waals surface area contributed by atoms with Crippen LogP contribution < -0.4 is 5.32 Å². The van der Waals surface area contributed by atoms with E-state index >= 15 is 0 Å². The van der Waals surface area contributed by atoms with Crippen LogP contribution in [0.1, 0.15) is 35.2 Å². The minimum atomic E-state index is -0.314. The molecular formula is C14H16FN3S. The highest BCUT2D eigenvalue weighted by molar-refractivity contribution is 7.12. The normalized spacial score (nSPS) is 19.6. The van der Waals surface area contributed by atoms with Gasteiger partial charge in [0.2, 0.25) is 0 Å². The number of rotatable bonds is 2. The Morgan fingerprint density at radius 2 is 2.26 bits per heavy atom. The summed E-state index contributed by atoms with van der Waals surface area (Å²) >= 11 is 1.71. The number of piperidine rings is 1. The van der Waals surface area contributed by atoms with E-state index in [-0.39, 0.29) is 5.82 Å². The third-order valence-corrected chi connectivity index (χ3v) is 4.48. The topological polar surface area (TPSA) is 37.8 Å². The molecule has 3 heterocycles. The van der Waals surface area contributed by atoms with E-state index in [0.717, 1.165) is 34.2 Å². The van der Waals surface area contributed by atoms with Crippen molar-refractivity contribution in [3.05, 3.63) is 34.0 Å². The maximum Gasteiger partial charge on any atom is 0.141 e. The van der Waals surface area contributed by atoms with Gasteiger partial charge in [-0.15, -0.1) is 11.3 Å². The molecule has 0 bridgehead atoms. The standard InChI is InChI=1S/C14H16FN3S/c1-9-13(11-6-5-10(15)8-17-11)18-14(19-9)12-4-2-3-7-16-12/h5-6,8,12,16H,2-4,7H2,1H3. The molecule has 1 aliphatic rings. The summed E-state index contributed by atoms with van der Waals surface area (Å²) in [6.07, 6.45) is 4.88. The smallest absolute Gasteiger partial charge is 0.141 e. The van der Waals surface area contributed by atoms with Crippen LogP contribution in [0.2, 0.25) is 0 Å². The van der Waals surface area contributed by atoms with Gasteiger partial charge in [0.1, 0.15) is 16.5 Å². The predicted octanol–water partition coefficient (Wildman–Crippen LogP) is 3.47. The number of aromatic nitrogens is 2. The molecule has 0 radical (unpaired) electrons. The summed E-state index contributed by atoms with van der Waals surface area (Å²) in [5, 5.41) is 4.63. The molecule has 0 spiro atoms. The molecule has 2 aromatic rings. The first kappa shape index (κ1) is 12.7. The Morgan fingerprint density at radius 1 is 1.37 bits per heavy atom. The molecular weight excluding hydrogens is 261 g/mol. The Hall–Kier alpha value is -1.33. The van der Waals surface area contributed by atoms with Gasteiger partial charge in [-0.3, -0.25) is 4.98 Å². The molecule has 0 aliphatic carbocycles. The highest BCUT2D eigenvalue weighted by atomic mass is 32.1. The van der Waals surface area contributed by atoms with Crippen LogP contribution in [0.3, 0.4) is 0 Å². The van der Waals surface area contributed by atoms with Gasteiger partial charge in [0.05, 0.1) is 17.9 Å². The molecule has 1 aliphatic heterocycles. The summed E-state index contributed by atoms with van der Waals surface area (Å²) in [7, 11) is 0. The Morgan fingerprint density at radius 3 is 2.95 bits per heavy atom. The molecule has 1 N–H and O–H groups in total. The van der Waals surface area contributed by atoms with E-state index in [4.69, 9.17) is 4.98 Å². The van der Waals surface area contributed by atoms with Crippen LogP contribution in [0.5, 0.6) is 0 Å². The lowest BCUT2D eigenvalue weighted by molar-refractivity contribution is 0.411. The first-order valence-corrected chi connectivity index (χ1v) is 7.38. The first-order chi connectivity index (χ1) is 9.24. The van der Waals surface area contributed by atoms with Gasteiger partial charge in [-0.05, 0) is 38.4 Å². The van der Waals surface area contributed by atoms with Crippen LogP contribution in [-0.2, 0) is 0 Å². The van der Waals surface area contributed by atoms with E-state index in [1.807, 2.05) is 6.92 Å². The van der Waals surface area contributed by atoms with Gasteiger partial charge >= 0.3 is 0 Å². The quantitative estimate of drug-likeness (QED) is 0.913. The van der Waals surface area contributed by atoms with E-state index in [1.54, 1.807) is 17.4 Å². The second-order valence-electron chi connectivity index (χ2n) is 4.82. The molecule has 0 saturated carbocycles. The Balaban J connectivity index is 1.90. The number of pyridine rings is 1. The molecule has 1 fully saturated rings. The summed E-state index contributed by atoms with van der Waals surface area (Å²) in [5.74, 6) is -0.314. The lowest BCUT2D eigenvalue weighted by Gasteiger charge is -2.21. The molecule has 100 valence electrons. The molecule has 5 heteroatoms. The minimum Gasteiger partial charge on any atom is -0.308 e. The highest BCUT2D eigenvalue weighted by Crippen LogP contribution is 2.32. The number of aryl methyl sites for hydroxylation is 1. The molecule has 3 rings (SSSR count). The van der Waals surface area contributed by atoms with Crippen molar-refractivity contribution < 1.29 is 4.39 Å². The van der Waals surface area contributed by atoms with Crippen molar-refractivity contribution in [2.75, 3.05) is 6.54 Å². The summed E-state index contributed by atoms with van der Waals surface area (Å²) in [6, 6.07) is 3.49. The molecule has 1 saturated heterocycles. The van der Waals surface area contributed by atoms with Crippen LogP contribution in [0.4, 0.5) is 4.39 Å². The number of halogens is 1. The lowest BCUT2D eigenvalue weighted by Crippen LogP contribution is -2.26. The monoisotopic (exact) mass is 277 g/mol. The van der Waals surface area contributed by atoms with Crippen LogP contribution in [0.15, 0.2) is 18.3 Å². The van der Waals surface area contributed by atoms with E-state index in [2.05, 4.69) is 10.3 Å². The van der Waals surface area contributed by atoms with Gasteiger partial charge in [-0.2, -0.15) is 0 Å². The van der Waals surface area contributed by atoms with Gasteiger partial charge in [0.15, 0.2) is 0 Å². The van der Waals surface area contributed by atoms with Crippen LogP contribution >= 0.6 is 11.3 Å². The fraction of sp³-hybridized carbons (Fsp3) is 0.429. The summed E-state index contributed by atoms with van der Waals surface area (Å²) in [4.78, 5) is 9.96. The van der Waals surface area contributed by atoms with E-state index in [0.29, 0.717) is 6.04 Å². The van der Waals surface area contributed by atoms with Crippen LogP contribution in [-0.4, -0.2) is 16.5 Å². The Bertz CT molecular complexity index is 559. The SMILES string of the molecule is Cc1sc(C2CCCCN2)nc1-c1ccc(F)cn1. The van der Waals surface area contributed by atoms with Crippen molar-refractivity contribution >= 4 is 11.3 Å². The maximum absolute atomic E-state index is 12.9. The molecule has 3 nitrogen and oxygen atoms in total. The van der Waals surface area contributed by atoms with E-state index in [1.165, 1.54) is 25.1 Å². The van der Waals surface area contributed by atoms with Gasteiger partial charge in [0.25, 0.3) is 0 Å². The Kier molecular flexibility index (Phi) is 3.57. The fourth-order valence-electron chi connectivity index (χ4n) is 2.38. The number of hydrogen-bond donors (Lipinski definition) is 1. The zero-order valence-electron chi connectivity index (χ0n) is 10.8.